The highest BCUT2D eigenvalue weighted by molar-refractivity contribution is 5.99. The molecule has 2 heterocycles. The molecule has 0 spiro atoms. The minimum Gasteiger partial charge on any atom is -0.383 e. The van der Waals surface area contributed by atoms with Crippen LogP contribution in [0.2, 0.25) is 0 Å². The average Bonchev–Trinajstić information content (AvgIpc) is 2.78. The lowest BCUT2D eigenvalue weighted by Gasteiger charge is -2.33. The van der Waals surface area contributed by atoms with E-state index < -0.39 is 0 Å². The molecular weight excluding hydrogens is 242 g/mol. The van der Waals surface area contributed by atoms with Crippen molar-refractivity contribution in [3.05, 3.63) is 12.3 Å². The standard InChI is InChI=1S/C14H21N3O2/c1-17(8-7-12(15)16-14(17)18)13-6-5-11(19-13)9-10-3-2-4-10/h7-8,10-11,13H,2-6,9H2,1H3,(H-,15,16,18)/p+1. The lowest BCUT2D eigenvalue weighted by Crippen LogP contribution is -2.53. The van der Waals surface area contributed by atoms with Gasteiger partial charge in [0.2, 0.25) is 6.23 Å². The Bertz CT molecular complexity index is 442. The van der Waals surface area contributed by atoms with Gasteiger partial charge in [0.25, 0.3) is 0 Å². The van der Waals surface area contributed by atoms with Crippen molar-refractivity contribution in [2.24, 2.45) is 16.6 Å². The lowest BCUT2D eigenvalue weighted by atomic mass is 9.81. The summed E-state index contributed by atoms with van der Waals surface area (Å²) >= 11 is 0. The Morgan fingerprint density at radius 2 is 2.21 bits per heavy atom. The van der Waals surface area contributed by atoms with E-state index in [2.05, 4.69) is 4.99 Å². The summed E-state index contributed by atoms with van der Waals surface area (Å²) in [6, 6.07) is -0.228. The summed E-state index contributed by atoms with van der Waals surface area (Å²) in [5.74, 6) is 1.12. The average molecular weight is 264 g/mol. The molecule has 1 saturated carbocycles. The number of hydrogen-bond acceptors (Lipinski definition) is 3. The largest absolute Gasteiger partial charge is 0.451 e. The summed E-state index contributed by atoms with van der Waals surface area (Å²) in [4.78, 5) is 15.9. The number of ether oxygens (including phenoxy) is 1. The van der Waals surface area contributed by atoms with Crippen LogP contribution in [0.25, 0.3) is 0 Å². The van der Waals surface area contributed by atoms with Crippen molar-refractivity contribution < 1.29 is 14.0 Å². The van der Waals surface area contributed by atoms with Crippen LogP contribution < -0.4 is 5.73 Å². The number of rotatable bonds is 3. The fraction of sp³-hybridized carbons (Fsp3) is 0.714. The highest BCUT2D eigenvalue weighted by atomic mass is 16.5. The molecule has 19 heavy (non-hydrogen) atoms. The first-order chi connectivity index (χ1) is 9.08. The maximum atomic E-state index is 12.1. The number of aliphatic imine (C=N–C) groups is 1. The fourth-order valence-electron chi connectivity index (χ4n) is 3.12. The van der Waals surface area contributed by atoms with Gasteiger partial charge in [-0.05, 0) is 18.8 Å². The van der Waals surface area contributed by atoms with E-state index in [-0.39, 0.29) is 22.6 Å². The number of nitrogens with two attached hydrogens (primary N) is 1. The molecule has 0 aromatic heterocycles. The van der Waals surface area contributed by atoms with Gasteiger partial charge < -0.3 is 10.5 Å². The van der Waals surface area contributed by atoms with Crippen molar-refractivity contribution in [3.8, 4) is 0 Å². The van der Waals surface area contributed by atoms with E-state index in [0.717, 1.165) is 25.2 Å². The van der Waals surface area contributed by atoms with Gasteiger partial charge in [-0.1, -0.05) is 19.3 Å². The van der Waals surface area contributed by atoms with Crippen LogP contribution in [0.3, 0.4) is 0 Å². The van der Waals surface area contributed by atoms with Crippen LogP contribution in [0, 0.1) is 5.92 Å². The smallest absolute Gasteiger partial charge is 0.383 e. The van der Waals surface area contributed by atoms with Crippen molar-refractivity contribution in [1.29, 1.82) is 0 Å². The van der Waals surface area contributed by atoms with Crippen LogP contribution in [-0.4, -0.2) is 35.7 Å². The molecule has 3 atom stereocenters. The zero-order chi connectivity index (χ0) is 13.5. The van der Waals surface area contributed by atoms with Crippen LogP contribution in [0.1, 0.15) is 38.5 Å². The van der Waals surface area contributed by atoms with E-state index in [1.54, 1.807) is 12.3 Å². The van der Waals surface area contributed by atoms with Gasteiger partial charge >= 0.3 is 6.03 Å². The van der Waals surface area contributed by atoms with Gasteiger partial charge in [0.15, 0.2) is 0 Å². The van der Waals surface area contributed by atoms with Crippen LogP contribution in [0.5, 0.6) is 0 Å². The molecule has 1 saturated heterocycles. The van der Waals surface area contributed by atoms with Gasteiger partial charge in [-0.2, -0.15) is 4.48 Å². The second-order valence-electron chi connectivity index (χ2n) is 6.10. The Kier molecular flexibility index (Phi) is 3.19. The molecule has 5 nitrogen and oxygen atoms in total. The van der Waals surface area contributed by atoms with Gasteiger partial charge in [0, 0.05) is 12.5 Å². The van der Waals surface area contributed by atoms with Crippen molar-refractivity contribution in [2.75, 3.05) is 7.05 Å². The molecule has 5 heteroatoms. The molecule has 104 valence electrons. The number of urea groups is 1. The first-order valence-electron chi connectivity index (χ1n) is 7.17. The molecule has 2 aliphatic heterocycles. The zero-order valence-electron chi connectivity index (χ0n) is 11.4. The number of quaternary nitrogens is 1. The highest BCUT2D eigenvalue weighted by Crippen LogP contribution is 2.37. The molecule has 3 aliphatic rings. The third kappa shape index (κ3) is 2.32. The summed E-state index contributed by atoms with van der Waals surface area (Å²) in [7, 11) is 1.85. The lowest BCUT2D eigenvalue weighted by molar-refractivity contribution is -0.830. The summed E-state index contributed by atoms with van der Waals surface area (Å²) in [6.07, 6.45) is 10.9. The maximum absolute atomic E-state index is 12.1. The molecule has 1 aliphatic carbocycles. The highest BCUT2D eigenvalue weighted by Gasteiger charge is 2.46. The Labute approximate surface area is 113 Å². The molecule has 2 N–H and O–H groups in total. The van der Waals surface area contributed by atoms with E-state index in [4.69, 9.17) is 10.5 Å². The summed E-state index contributed by atoms with van der Waals surface area (Å²) in [5.41, 5.74) is 5.56. The Morgan fingerprint density at radius 1 is 1.42 bits per heavy atom. The minimum absolute atomic E-state index is 0.0991. The van der Waals surface area contributed by atoms with Gasteiger partial charge in [-0.15, -0.1) is 4.99 Å². The van der Waals surface area contributed by atoms with Gasteiger partial charge in [0.05, 0.1) is 13.2 Å². The molecule has 0 bridgehead atoms. The third-order valence-electron chi connectivity index (χ3n) is 4.70. The number of amides is 2. The quantitative estimate of drug-likeness (QED) is 0.794. The molecular formula is C14H22N3O2+. The van der Waals surface area contributed by atoms with E-state index in [1.165, 1.54) is 19.3 Å². The second kappa shape index (κ2) is 4.72. The second-order valence-corrected chi connectivity index (χ2v) is 6.10. The van der Waals surface area contributed by atoms with Crippen molar-refractivity contribution in [2.45, 2.75) is 50.9 Å². The van der Waals surface area contributed by atoms with E-state index in [9.17, 15) is 4.79 Å². The molecule has 3 rings (SSSR count). The monoisotopic (exact) mass is 264 g/mol. The molecule has 2 amide bonds. The number of hydrogen-bond donors (Lipinski definition) is 1. The normalized spacial score (nSPS) is 39.2. The van der Waals surface area contributed by atoms with Gasteiger partial charge in [-0.25, -0.2) is 4.79 Å². The third-order valence-corrected chi connectivity index (χ3v) is 4.70. The van der Waals surface area contributed by atoms with Crippen molar-refractivity contribution >= 4 is 11.9 Å². The molecule has 0 radical (unpaired) electrons. The number of nitrogens with zero attached hydrogens (tertiary/aromatic N) is 2. The number of amidine groups is 1. The predicted molar refractivity (Wildman–Crippen MR) is 72.2 cm³/mol. The van der Waals surface area contributed by atoms with Gasteiger partial charge in [0.1, 0.15) is 12.0 Å². The van der Waals surface area contributed by atoms with E-state index >= 15 is 0 Å². The van der Waals surface area contributed by atoms with Crippen LogP contribution in [0.15, 0.2) is 17.3 Å². The van der Waals surface area contributed by atoms with Crippen molar-refractivity contribution in [1.82, 2.24) is 0 Å². The summed E-state index contributed by atoms with van der Waals surface area (Å²) < 4.78 is 6.21. The van der Waals surface area contributed by atoms with Crippen LogP contribution in [0.4, 0.5) is 4.79 Å². The maximum Gasteiger partial charge on any atom is 0.451 e. The molecule has 0 aromatic carbocycles. The SMILES string of the molecule is C[N+]1(C2CCC(CC3CCC3)O2)C=CC(N)=NC1=O. The number of carbonyl (C=O) groups is 1. The van der Waals surface area contributed by atoms with Crippen LogP contribution in [-0.2, 0) is 4.74 Å². The Morgan fingerprint density at radius 3 is 2.84 bits per heavy atom. The van der Waals surface area contributed by atoms with E-state index in [1.807, 2.05) is 7.05 Å². The topological polar surface area (TPSA) is 64.7 Å². The summed E-state index contributed by atoms with van der Waals surface area (Å²) in [5, 5.41) is 0. The van der Waals surface area contributed by atoms with E-state index in [0.29, 0.717) is 6.10 Å². The predicted octanol–water partition coefficient (Wildman–Crippen LogP) is 2.13. The number of carbonyl (C=O) groups excluding carboxylic acids is 1. The fourth-order valence-corrected chi connectivity index (χ4v) is 3.12. The Balaban J connectivity index is 1.63. The zero-order valence-corrected chi connectivity index (χ0v) is 11.4. The molecule has 3 unspecified atom stereocenters. The minimum atomic E-state index is -0.228. The first kappa shape index (κ1) is 12.8. The summed E-state index contributed by atoms with van der Waals surface area (Å²) in [6.45, 7) is 0. The van der Waals surface area contributed by atoms with Gasteiger partial charge in [-0.3, -0.25) is 0 Å². The first-order valence-corrected chi connectivity index (χ1v) is 7.17. The molecule has 2 fully saturated rings. The Hall–Kier alpha value is -1.20. The van der Waals surface area contributed by atoms with Crippen molar-refractivity contribution in [3.63, 3.8) is 0 Å². The molecule has 0 aromatic rings. The van der Waals surface area contributed by atoms with Crippen LogP contribution >= 0.6 is 0 Å².